The minimum Gasteiger partial charge on any atom is -0.493 e. The average molecular weight is 760 g/mol. The van der Waals surface area contributed by atoms with Crippen LogP contribution in [0, 0.1) is 18.2 Å². The van der Waals surface area contributed by atoms with E-state index in [1.165, 1.54) is 20.1 Å². The molecule has 2 N–H and O–H groups in total. The van der Waals surface area contributed by atoms with Crippen LogP contribution >= 0.6 is 15.9 Å². The second-order valence-electron chi connectivity index (χ2n) is 13.4. The molecule has 1 aromatic carbocycles. The summed E-state index contributed by atoms with van der Waals surface area (Å²) in [4.78, 5) is 68.5. The molecule has 51 heavy (non-hydrogen) atoms. The molecule has 13 nitrogen and oxygen atoms in total. The van der Waals surface area contributed by atoms with Gasteiger partial charge in [0.15, 0.2) is 17.3 Å². The molecule has 1 saturated heterocycles. The number of allylic oxidation sites excluding steroid dienone is 2. The van der Waals surface area contributed by atoms with Crippen LogP contribution in [0.1, 0.15) is 60.9 Å². The van der Waals surface area contributed by atoms with Gasteiger partial charge >= 0.3 is 0 Å². The number of rotatable bonds is 5. The van der Waals surface area contributed by atoms with Gasteiger partial charge in [-0.25, -0.2) is 15.0 Å². The zero-order valence-corrected chi connectivity index (χ0v) is 29.9. The molecule has 2 fully saturated rings. The number of hydrogen-bond acceptors (Lipinski definition) is 9. The van der Waals surface area contributed by atoms with E-state index in [0.29, 0.717) is 61.8 Å². The number of ketones is 1. The first-order chi connectivity index (χ1) is 24.5. The van der Waals surface area contributed by atoms with E-state index < -0.39 is 23.2 Å². The lowest BCUT2D eigenvalue weighted by atomic mass is 9.98. The molecule has 5 heterocycles. The molecule has 2 aliphatic heterocycles. The molecule has 3 amide bonds. The second-order valence-corrected chi connectivity index (χ2v) is 14.1. The number of aromatic nitrogens is 5. The lowest BCUT2D eigenvalue weighted by molar-refractivity contribution is -0.138. The maximum atomic E-state index is 14.4. The first kappa shape index (κ1) is 34.4. The number of methoxy groups -OCH3 is 1. The minimum absolute atomic E-state index is 0.0477. The van der Waals surface area contributed by atoms with Crippen molar-refractivity contribution in [2.75, 3.05) is 19.0 Å². The molecule has 7 rings (SSSR count). The number of anilines is 1. The molecule has 3 aliphatic rings. The summed E-state index contributed by atoms with van der Waals surface area (Å²) in [5.41, 5.74) is 2.81. The van der Waals surface area contributed by atoms with Gasteiger partial charge in [0.1, 0.15) is 34.5 Å². The van der Waals surface area contributed by atoms with Gasteiger partial charge in [-0.1, -0.05) is 12.2 Å². The van der Waals surface area contributed by atoms with E-state index in [4.69, 9.17) is 4.74 Å². The molecule has 0 spiro atoms. The van der Waals surface area contributed by atoms with Crippen molar-refractivity contribution in [2.45, 2.75) is 71.0 Å². The Balaban J connectivity index is 1.29. The highest BCUT2D eigenvalue weighted by Crippen LogP contribution is 2.59. The number of aryl methyl sites for hydroxylation is 1. The summed E-state index contributed by atoms with van der Waals surface area (Å²) in [6.07, 6.45) is 10.6. The highest BCUT2D eigenvalue weighted by Gasteiger charge is 2.67. The summed E-state index contributed by atoms with van der Waals surface area (Å²) in [5, 5.41) is 11.1. The van der Waals surface area contributed by atoms with Crippen molar-refractivity contribution < 1.29 is 28.3 Å². The zero-order valence-electron chi connectivity index (χ0n) is 28.3. The van der Waals surface area contributed by atoms with Crippen molar-refractivity contribution >= 4 is 56.2 Å². The Morgan fingerprint density at radius 3 is 2.65 bits per heavy atom. The summed E-state index contributed by atoms with van der Waals surface area (Å²) in [7, 11) is 1.30. The van der Waals surface area contributed by atoms with Crippen molar-refractivity contribution in [1.82, 2.24) is 34.9 Å². The van der Waals surface area contributed by atoms with Gasteiger partial charge in [-0.05, 0) is 78.2 Å². The first-order valence-corrected chi connectivity index (χ1v) is 17.5. The van der Waals surface area contributed by atoms with E-state index in [1.54, 1.807) is 28.9 Å². The topological polar surface area (TPSA) is 161 Å². The van der Waals surface area contributed by atoms with E-state index in [2.05, 4.69) is 46.6 Å². The lowest BCUT2D eigenvalue weighted by Crippen LogP contribution is -2.46. The highest BCUT2D eigenvalue weighted by molar-refractivity contribution is 9.10. The molecule has 0 unspecified atom stereocenters. The number of benzene rings is 1. The minimum atomic E-state index is -0.909. The second kappa shape index (κ2) is 13.6. The normalized spacial score (nSPS) is 21.9. The van der Waals surface area contributed by atoms with Crippen LogP contribution in [0.4, 0.5) is 10.2 Å². The predicted octanol–water partition coefficient (Wildman–Crippen LogP) is 4.71. The number of carbonyl (C=O) groups is 4. The maximum Gasteiger partial charge on any atom is 0.248 e. The molecule has 3 atom stereocenters. The third-order valence-electron chi connectivity index (χ3n) is 9.94. The molecule has 2 bridgehead atoms. The quantitative estimate of drug-likeness (QED) is 0.167. The van der Waals surface area contributed by atoms with Crippen molar-refractivity contribution in [3.05, 3.63) is 70.2 Å². The third-order valence-corrected chi connectivity index (χ3v) is 10.5. The summed E-state index contributed by atoms with van der Waals surface area (Å²) in [6, 6.07) is 3.93. The molecule has 264 valence electrons. The molecule has 3 aromatic heterocycles. The van der Waals surface area contributed by atoms with E-state index in [-0.39, 0.29) is 52.0 Å². The fraction of sp³-hybridized carbons (Fsp3) is 0.389. The number of ether oxygens (including phenoxy) is 1. The molecular formula is C36H36BrFN8O5. The van der Waals surface area contributed by atoms with Crippen LogP contribution in [0.3, 0.4) is 0 Å². The van der Waals surface area contributed by atoms with Crippen molar-refractivity contribution in [3.8, 4) is 16.9 Å². The number of carbonyl (C=O) groups excluding carboxylic acids is 4. The maximum absolute atomic E-state index is 14.4. The van der Waals surface area contributed by atoms with E-state index in [9.17, 15) is 23.6 Å². The number of halogens is 2. The average Bonchev–Trinajstić information content (AvgIpc) is 3.51. The number of nitrogens with one attached hydrogen (secondary N) is 2. The van der Waals surface area contributed by atoms with Gasteiger partial charge in [0, 0.05) is 60.8 Å². The van der Waals surface area contributed by atoms with Crippen LogP contribution in [0.5, 0.6) is 5.75 Å². The fourth-order valence-electron chi connectivity index (χ4n) is 7.29. The van der Waals surface area contributed by atoms with Gasteiger partial charge in [-0.3, -0.25) is 23.9 Å². The van der Waals surface area contributed by atoms with Crippen molar-refractivity contribution in [3.63, 3.8) is 0 Å². The Labute approximate surface area is 301 Å². The van der Waals surface area contributed by atoms with Gasteiger partial charge in [0.05, 0.1) is 12.6 Å². The number of Topliss-reactive ketones (excluding diaryl/α,β-unsaturated/α-hetero) is 1. The zero-order chi connectivity index (χ0) is 36.0. The molecule has 15 heteroatoms. The SMILES string of the molecule is COc1cc(NC(=O)[C@@H]2C[C@]34CNC(=O)CCCC=CCc5cc(-c6cnc(C)nc6)cc6c(C(C)=O)nn(c56)CC(=O)N2[C@@H]3C4)nc(Br)c1F. The molecule has 1 saturated carbocycles. The Bertz CT molecular complexity index is 2120. The van der Waals surface area contributed by atoms with E-state index in [1.807, 2.05) is 24.3 Å². The predicted molar refractivity (Wildman–Crippen MR) is 188 cm³/mol. The number of nitrogens with zero attached hydrogens (tertiary/aromatic N) is 6. The Morgan fingerprint density at radius 2 is 1.90 bits per heavy atom. The van der Waals surface area contributed by atoms with Crippen molar-refractivity contribution in [1.29, 1.82) is 0 Å². The molecule has 1 aliphatic carbocycles. The van der Waals surface area contributed by atoms with Crippen LogP contribution in [-0.2, 0) is 27.3 Å². The lowest BCUT2D eigenvalue weighted by Gasteiger charge is -2.27. The third kappa shape index (κ3) is 6.62. The molecular weight excluding hydrogens is 723 g/mol. The largest absolute Gasteiger partial charge is 0.493 e. The monoisotopic (exact) mass is 758 g/mol. The number of hydrogen-bond donors (Lipinski definition) is 2. The smallest absolute Gasteiger partial charge is 0.248 e. The molecule has 0 radical (unpaired) electrons. The van der Waals surface area contributed by atoms with E-state index >= 15 is 0 Å². The summed E-state index contributed by atoms with van der Waals surface area (Å²) in [5.74, 6) is -1.36. The van der Waals surface area contributed by atoms with Gasteiger partial charge in [-0.15, -0.1) is 0 Å². The van der Waals surface area contributed by atoms with Crippen molar-refractivity contribution in [2.24, 2.45) is 5.41 Å². The Morgan fingerprint density at radius 1 is 1.12 bits per heavy atom. The van der Waals surface area contributed by atoms with Gasteiger partial charge in [-0.2, -0.15) is 9.49 Å². The number of piperidine rings is 1. The van der Waals surface area contributed by atoms with Crippen LogP contribution in [-0.4, -0.2) is 78.9 Å². The summed E-state index contributed by atoms with van der Waals surface area (Å²) < 4.78 is 20.9. The summed E-state index contributed by atoms with van der Waals surface area (Å²) in [6.45, 7) is 3.34. The van der Waals surface area contributed by atoms with E-state index in [0.717, 1.165) is 16.7 Å². The molecule has 4 aromatic rings. The van der Waals surface area contributed by atoms with Gasteiger partial charge in [0.2, 0.25) is 17.7 Å². The number of amides is 3. The Hall–Kier alpha value is -5.05. The van der Waals surface area contributed by atoms with Crippen LogP contribution in [0.2, 0.25) is 0 Å². The van der Waals surface area contributed by atoms with Crippen LogP contribution in [0.25, 0.3) is 22.0 Å². The standard InChI is InChI=1S/C36H36BrFN8O5/c1-19(47)32-24-11-22(23-15-39-20(2)40-16-23)10-21-8-6-4-5-7-9-29(48)41-18-36-13-25(35(50)43-28-12-26(51-3)31(38)34(37)42-28)46(27(36)14-36)30(49)17-45(44-32)33(21)24/h4,6,10-12,15-16,25,27H,5,7-9,13-14,17-18H2,1-3H3,(H,41,48)(H,42,43,50)/t25-,27+,36-/m0/s1. The van der Waals surface area contributed by atoms with Crippen LogP contribution in [0.15, 0.2) is 47.3 Å². The number of pyridine rings is 1. The van der Waals surface area contributed by atoms with Crippen LogP contribution < -0.4 is 15.4 Å². The van der Waals surface area contributed by atoms with Gasteiger partial charge in [0.25, 0.3) is 0 Å². The Kier molecular flexibility index (Phi) is 9.16. The first-order valence-electron chi connectivity index (χ1n) is 16.7. The summed E-state index contributed by atoms with van der Waals surface area (Å²) >= 11 is 3.06. The highest BCUT2D eigenvalue weighted by atomic mass is 79.9. The van der Waals surface area contributed by atoms with Gasteiger partial charge < -0.3 is 20.3 Å². The fourth-order valence-corrected chi connectivity index (χ4v) is 7.68.